The first-order valence-corrected chi connectivity index (χ1v) is 13.6. The highest BCUT2D eigenvalue weighted by molar-refractivity contribution is 7.66. The molecule has 1 aromatic heterocycles. The number of rotatable bonds is 9. The highest BCUT2D eigenvalue weighted by atomic mass is 31.3. The molecule has 0 saturated carbocycles. The van der Waals surface area contributed by atoms with Crippen LogP contribution in [0.4, 0.5) is 0 Å². The zero-order chi connectivity index (χ0) is 25.0. The normalized spacial score (nSPS) is 24.5. The summed E-state index contributed by atoms with van der Waals surface area (Å²) in [6.07, 6.45) is -1.64. The first-order chi connectivity index (χ1) is 15.1. The van der Waals surface area contributed by atoms with Gasteiger partial charge in [0.15, 0.2) is 0 Å². The Hall–Kier alpha value is -1.43. The van der Waals surface area contributed by atoms with E-state index in [0.29, 0.717) is 6.42 Å². The van der Waals surface area contributed by atoms with Crippen LogP contribution >= 0.6 is 23.5 Å². The lowest BCUT2D eigenvalue weighted by Crippen LogP contribution is -2.33. The molecule has 1 aliphatic heterocycles. The number of phosphoric ester groups is 1. The fourth-order valence-corrected chi connectivity index (χ4v) is 5.61. The van der Waals surface area contributed by atoms with Gasteiger partial charge in [0.2, 0.25) is 0 Å². The van der Waals surface area contributed by atoms with Gasteiger partial charge in [0.25, 0.3) is 5.56 Å². The van der Waals surface area contributed by atoms with Crippen LogP contribution in [0.2, 0.25) is 0 Å². The minimum Gasteiger partial charge on any atom is -0.390 e. The molecule has 0 amide bonds. The number of nitrogens with zero attached hydrogens (tertiary/aromatic N) is 1. The van der Waals surface area contributed by atoms with E-state index in [1.165, 1.54) is 0 Å². The van der Waals surface area contributed by atoms with Crippen molar-refractivity contribution in [2.24, 2.45) is 0 Å². The molecule has 33 heavy (non-hydrogen) atoms. The summed E-state index contributed by atoms with van der Waals surface area (Å²) in [7, 11) is -16.7. The van der Waals surface area contributed by atoms with E-state index in [4.69, 9.17) is 19.4 Å². The molecule has 0 radical (unpaired) electrons. The number of ether oxygens (including phenoxy) is 1. The number of hydrogen-bond donors (Lipinski definition) is 6. The van der Waals surface area contributed by atoms with Crippen molar-refractivity contribution in [3.63, 3.8) is 0 Å². The Labute approximate surface area is 185 Å². The molecule has 2 unspecified atom stereocenters. The van der Waals surface area contributed by atoms with Crippen molar-refractivity contribution in [1.82, 2.24) is 9.55 Å². The molecular weight excluding hydrogens is 513 g/mol. The second kappa shape index (κ2) is 10.9. The Morgan fingerprint density at radius 3 is 2.45 bits per heavy atom. The third-order valence-corrected chi connectivity index (χ3v) is 7.70. The van der Waals surface area contributed by atoms with Gasteiger partial charge in [-0.25, -0.2) is 18.5 Å². The predicted octanol–water partition coefficient (Wildman–Crippen LogP) is -0.320. The van der Waals surface area contributed by atoms with E-state index in [2.05, 4.69) is 30.0 Å². The van der Waals surface area contributed by atoms with Crippen LogP contribution in [0.1, 0.15) is 38.0 Å². The summed E-state index contributed by atoms with van der Waals surface area (Å²) in [5.41, 5.74) is -1.62. The van der Waals surface area contributed by atoms with Gasteiger partial charge in [-0.05, 0) is 6.42 Å². The van der Waals surface area contributed by atoms with Crippen LogP contribution < -0.4 is 11.2 Å². The maximum absolute atomic E-state index is 12.1. The smallest absolute Gasteiger partial charge is 0.390 e. The Bertz CT molecular complexity index is 1180. The first-order valence-electron chi connectivity index (χ1n) is 9.08. The highest BCUT2D eigenvalue weighted by Gasteiger charge is 2.43. The molecule has 0 spiro atoms. The largest absolute Gasteiger partial charge is 0.490 e. The van der Waals surface area contributed by atoms with Crippen LogP contribution in [0.3, 0.4) is 0 Å². The molecule has 16 nitrogen and oxygen atoms in total. The summed E-state index contributed by atoms with van der Waals surface area (Å²) in [5.74, 6) is 5.36. The lowest BCUT2D eigenvalue weighted by molar-refractivity contribution is -0.0450. The Morgan fingerprint density at radius 2 is 1.85 bits per heavy atom. The van der Waals surface area contributed by atoms with Gasteiger partial charge in [-0.1, -0.05) is 18.8 Å². The molecule has 2 rings (SSSR count). The fraction of sp³-hybridized carbons (Fsp3) is 0.571. The minimum absolute atomic E-state index is 0.0298. The van der Waals surface area contributed by atoms with Crippen molar-refractivity contribution in [3.8, 4) is 11.8 Å². The molecule has 5 atom stereocenters. The Balaban J connectivity index is 2.09. The summed E-state index contributed by atoms with van der Waals surface area (Å²) in [6.45, 7) is 0.985. The van der Waals surface area contributed by atoms with Crippen molar-refractivity contribution in [2.75, 3.05) is 6.61 Å². The lowest BCUT2D eigenvalue weighted by Gasteiger charge is -2.19. The quantitative estimate of drug-likeness (QED) is 0.176. The zero-order valence-electron chi connectivity index (χ0n) is 16.8. The summed E-state index contributed by atoms with van der Waals surface area (Å²) >= 11 is 0. The Kier molecular flexibility index (Phi) is 9.17. The summed E-state index contributed by atoms with van der Waals surface area (Å²) in [4.78, 5) is 61.7. The van der Waals surface area contributed by atoms with Gasteiger partial charge in [-0.2, -0.15) is 8.62 Å². The molecule has 19 heteroatoms. The second-order valence-corrected chi connectivity index (χ2v) is 11.0. The number of H-pyrrole nitrogens is 1. The van der Waals surface area contributed by atoms with Crippen molar-refractivity contribution in [1.29, 1.82) is 0 Å². The van der Waals surface area contributed by atoms with Crippen LogP contribution in [-0.4, -0.2) is 53.0 Å². The van der Waals surface area contributed by atoms with Crippen LogP contribution in [-0.2, 0) is 31.6 Å². The van der Waals surface area contributed by atoms with Gasteiger partial charge in [-0.3, -0.25) is 18.9 Å². The number of hydrogen-bond acceptors (Lipinski definition) is 10. The highest BCUT2D eigenvalue weighted by Crippen LogP contribution is 2.66. The lowest BCUT2D eigenvalue weighted by atomic mass is 10.2. The van der Waals surface area contributed by atoms with Gasteiger partial charge in [0.1, 0.15) is 17.9 Å². The summed E-state index contributed by atoms with van der Waals surface area (Å²) in [5, 5.41) is 10.1. The zero-order valence-corrected chi connectivity index (χ0v) is 19.5. The van der Waals surface area contributed by atoms with Crippen molar-refractivity contribution in [3.05, 3.63) is 32.6 Å². The first kappa shape index (κ1) is 27.8. The van der Waals surface area contributed by atoms with Crippen LogP contribution in [0, 0.1) is 11.8 Å². The van der Waals surface area contributed by atoms with Gasteiger partial charge in [0.05, 0.1) is 12.7 Å². The molecule has 1 aliphatic rings. The molecule has 1 fully saturated rings. The van der Waals surface area contributed by atoms with E-state index in [1.54, 1.807) is 0 Å². The summed E-state index contributed by atoms with van der Waals surface area (Å²) < 4.78 is 51.7. The van der Waals surface area contributed by atoms with Gasteiger partial charge >= 0.3 is 29.2 Å². The number of aromatic nitrogens is 2. The number of unbranched alkanes of at least 4 members (excludes halogenated alkanes) is 1. The number of aliphatic hydroxyl groups is 1. The van der Waals surface area contributed by atoms with E-state index in [0.717, 1.165) is 17.2 Å². The average molecular weight is 534 g/mol. The average Bonchev–Trinajstić information content (AvgIpc) is 2.99. The van der Waals surface area contributed by atoms with E-state index in [-0.39, 0.29) is 12.0 Å². The SMILES string of the molecule is CCCC#Cc1cn([C@H]2C[C@H](O)[C@@H](COP(=O)(O)OP(=O)(O)OP(=O)(O)O)O2)c(=O)[nH]c1=O. The van der Waals surface area contributed by atoms with E-state index < -0.39 is 59.8 Å². The number of aromatic amines is 1. The van der Waals surface area contributed by atoms with Gasteiger partial charge in [-0.15, -0.1) is 0 Å². The van der Waals surface area contributed by atoms with Gasteiger partial charge < -0.3 is 29.4 Å². The molecule has 2 heterocycles. The van der Waals surface area contributed by atoms with E-state index in [1.807, 2.05) is 6.92 Å². The number of aliphatic hydroxyl groups excluding tert-OH is 1. The third-order valence-electron chi connectivity index (χ3n) is 3.90. The van der Waals surface area contributed by atoms with Crippen LogP contribution in [0.15, 0.2) is 15.8 Å². The molecular formula is C14H21N2O14P3. The predicted molar refractivity (Wildman–Crippen MR) is 107 cm³/mol. The maximum Gasteiger partial charge on any atom is 0.490 e. The molecule has 6 N–H and O–H groups in total. The van der Waals surface area contributed by atoms with Crippen molar-refractivity contribution >= 4 is 23.5 Å². The minimum atomic E-state index is -5.70. The molecule has 186 valence electrons. The van der Waals surface area contributed by atoms with E-state index >= 15 is 0 Å². The standard InChI is InChI=1S/C14H21N2O14P3/c1-2-3-4-5-9-7-16(14(19)15-13(9)18)12-6-10(17)11(28-12)8-27-32(23,24)30-33(25,26)29-31(20,21)22/h7,10-12,17H,2-3,6,8H2,1H3,(H,23,24)(H,25,26)(H,15,18,19)(H2,20,21,22)/t10-,11+,12+/m0/s1. The van der Waals surface area contributed by atoms with Crippen LogP contribution in [0.25, 0.3) is 0 Å². The summed E-state index contributed by atoms with van der Waals surface area (Å²) in [6, 6.07) is 0. The molecule has 1 aromatic rings. The van der Waals surface area contributed by atoms with Crippen molar-refractivity contribution in [2.45, 2.75) is 44.6 Å². The Morgan fingerprint density at radius 1 is 1.18 bits per heavy atom. The molecule has 0 aliphatic carbocycles. The van der Waals surface area contributed by atoms with E-state index in [9.17, 15) is 33.3 Å². The third kappa shape index (κ3) is 8.70. The molecule has 0 bridgehead atoms. The maximum atomic E-state index is 12.1. The molecule has 1 saturated heterocycles. The van der Waals surface area contributed by atoms with Crippen LogP contribution in [0.5, 0.6) is 0 Å². The monoisotopic (exact) mass is 534 g/mol. The van der Waals surface area contributed by atoms with Crippen molar-refractivity contribution < 1.29 is 56.3 Å². The second-order valence-electron chi connectivity index (χ2n) is 6.58. The topological polar surface area (TPSA) is 244 Å². The molecule has 0 aromatic carbocycles. The fourth-order valence-electron chi connectivity index (χ4n) is 2.58. The van der Waals surface area contributed by atoms with Gasteiger partial charge in [0, 0.05) is 19.0 Å². The number of phosphoric acid groups is 3. The number of nitrogens with one attached hydrogen (secondary N) is 1.